The molecular formula is C10H13NO4. The summed E-state index contributed by atoms with van der Waals surface area (Å²) in [4.78, 5) is 11.1. The lowest BCUT2D eigenvalue weighted by Crippen LogP contribution is -2.35. The number of carbonyl (C=O) groups excluding carboxylic acids is 1. The van der Waals surface area contributed by atoms with Gasteiger partial charge >= 0.3 is 0 Å². The third-order valence-corrected chi connectivity index (χ3v) is 1.76. The number of phenolic OH excluding ortho intramolecular Hbond substituents is 2. The molecule has 2 atom stereocenters. The minimum Gasteiger partial charge on any atom is -0.504 e. The van der Waals surface area contributed by atoms with Crippen LogP contribution in [0.3, 0.4) is 0 Å². The van der Waals surface area contributed by atoms with Crippen molar-refractivity contribution in [3.05, 3.63) is 23.7 Å². The molecule has 1 aromatic rings. The maximum Gasteiger partial charge on any atom is 0.157 e. The van der Waals surface area contributed by atoms with Crippen molar-refractivity contribution in [3.8, 4) is 11.5 Å². The van der Waals surface area contributed by atoms with Crippen molar-refractivity contribution >= 4 is 5.78 Å². The van der Waals surface area contributed by atoms with Gasteiger partial charge in [0, 0.05) is 0 Å². The highest BCUT2D eigenvalue weighted by atomic mass is 16.3. The van der Waals surface area contributed by atoms with Crippen molar-refractivity contribution < 1.29 is 25.6 Å². The van der Waals surface area contributed by atoms with Gasteiger partial charge in [-0.2, -0.15) is 0 Å². The van der Waals surface area contributed by atoms with E-state index in [9.17, 15) is 20.1 Å². The molecule has 0 bridgehead atoms. The molecule has 0 radical (unpaired) electrons. The number of ketones is 1. The highest BCUT2D eigenvalue weighted by Crippen LogP contribution is 2.28. The molecule has 0 aromatic heterocycles. The molecule has 0 heterocycles. The van der Waals surface area contributed by atoms with E-state index < -0.39 is 53.1 Å². The fourth-order valence-corrected chi connectivity index (χ4v) is 0.866. The predicted octanol–water partition coefficient (Wildman–Crippen LogP) is 0.0475. The van der Waals surface area contributed by atoms with Gasteiger partial charge in [0.25, 0.3) is 0 Å². The molecule has 0 amide bonds. The SMILES string of the molecule is [2H]c1c([2H])c(C([2H])(O)C(N)C(C)=O)c([2H])c(O)c1O. The van der Waals surface area contributed by atoms with E-state index in [-0.39, 0.29) is 0 Å². The van der Waals surface area contributed by atoms with Crippen LogP contribution >= 0.6 is 0 Å². The first-order valence-corrected chi connectivity index (χ1v) is 4.04. The number of hydrogen-bond donors (Lipinski definition) is 4. The van der Waals surface area contributed by atoms with E-state index in [0.717, 1.165) is 6.92 Å². The normalized spacial score (nSPS) is 20.5. The highest BCUT2D eigenvalue weighted by molar-refractivity contribution is 5.82. The third kappa shape index (κ3) is 2.45. The van der Waals surface area contributed by atoms with Crippen LogP contribution in [0.4, 0.5) is 0 Å². The van der Waals surface area contributed by atoms with Crippen molar-refractivity contribution in [1.82, 2.24) is 0 Å². The quantitative estimate of drug-likeness (QED) is 0.533. The topological polar surface area (TPSA) is 104 Å². The molecular weight excluding hydrogens is 198 g/mol. The molecule has 5 N–H and O–H groups in total. The first-order valence-electron chi connectivity index (χ1n) is 6.04. The second kappa shape index (κ2) is 4.29. The van der Waals surface area contributed by atoms with Crippen LogP contribution in [0.5, 0.6) is 11.5 Å². The number of phenols is 2. The Morgan fingerprint density at radius 2 is 2.13 bits per heavy atom. The number of benzene rings is 1. The maximum absolute atomic E-state index is 11.1. The summed E-state index contributed by atoms with van der Waals surface area (Å²) in [6, 6.07) is -4.41. The van der Waals surface area contributed by atoms with Gasteiger partial charge in [0.15, 0.2) is 11.5 Å². The lowest BCUT2D eigenvalue weighted by Gasteiger charge is -2.16. The molecule has 0 saturated carbocycles. The van der Waals surface area contributed by atoms with Crippen molar-refractivity contribution in [2.45, 2.75) is 19.0 Å². The maximum atomic E-state index is 11.1. The van der Waals surface area contributed by atoms with Gasteiger partial charge in [-0.05, 0) is 24.6 Å². The molecule has 0 aliphatic rings. The number of Topliss-reactive ketones (excluding diaryl/α,β-unsaturated/α-hetero) is 1. The first-order chi connectivity index (χ1) is 8.53. The van der Waals surface area contributed by atoms with Gasteiger partial charge in [-0.15, -0.1) is 0 Å². The smallest absolute Gasteiger partial charge is 0.157 e. The van der Waals surface area contributed by atoms with E-state index in [1.54, 1.807) is 0 Å². The monoisotopic (exact) mass is 215 g/mol. The number of hydrogen-bond acceptors (Lipinski definition) is 5. The Morgan fingerprint density at radius 1 is 1.53 bits per heavy atom. The van der Waals surface area contributed by atoms with Crippen LogP contribution in [0.1, 0.15) is 24.1 Å². The molecule has 0 fully saturated rings. The van der Waals surface area contributed by atoms with Crippen molar-refractivity contribution in [3.63, 3.8) is 0 Å². The van der Waals surface area contributed by atoms with E-state index in [1.807, 2.05) is 0 Å². The fourth-order valence-electron chi connectivity index (χ4n) is 0.866. The minimum atomic E-state index is -2.86. The largest absolute Gasteiger partial charge is 0.504 e. The van der Waals surface area contributed by atoms with Crippen LogP contribution in [0.25, 0.3) is 0 Å². The number of rotatable bonds is 3. The van der Waals surface area contributed by atoms with Gasteiger partial charge in [-0.1, -0.05) is 6.04 Å². The number of nitrogens with two attached hydrogens (primary N) is 1. The Kier molecular flexibility index (Phi) is 1.95. The summed E-state index contributed by atoms with van der Waals surface area (Å²) in [5, 5.41) is 28.6. The molecule has 0 saturated heterocycles. The summed E-state index contributed by atoms with van der Waals surface area (Å²) in [5.41, 5.74) is 4.53. The fraction of sp³-hybridized carbons (Fsp3) is 0.300. The predicted molar refractivity (Wildman–Crippen MR) is 53.4 cm³/mol. The molecule has 0 spiro atoms. The molecule has 1 aromatic carbocycles. The number of aliphatic hydroxyl groups is 1. The van der Waals surface area contributed by atoms with Crippen LogP contribution in [0, 0.1) is 0 Å². The average Bonchev–Trinajstić information content (AvgIpc) is 2.32. The molecule has 0 aliphatic heterocycles. The molecule has 82 valence electrons. The molecule has 1 rings (SSSR count). The lowest BCUT2D eigenvalue weighted by molar-refractivity contribution is -0.120. The van der Waals surface area contributed by atoms with E-state index >= 15 is 0 Å². The van der Waals surface area contributed by atoms with Crippen LogP contribution in [0.2, 0.25) is 0 Å². The zero-order valence-corrected chi connectivity index (χ0v) is 7.90. The van der Waals surface area contributed by atoms with Gasteiger partial charge in [-0.25, -0.2) is 0 Å². The molecule has 5 heteroatoms. The van der Waals surface area contributed by atoms with E-state index in [4.69, 9.17) is 11.2 Å². The summed E-state index contributed by atoms with van der Waals surface area (Å²) >= 11 is 0. The van der Waals surface area contributed by atoms with E-state index in [1.165, 1.54) is 0 Å². The molecule has 2 unspecified atom stereocenters. The highest BCUT2D eigenvalue weighted by Gasteiger charge is 2.21. The van der Waals surface area contributed by atoms with Crippen LogP contribution in [0.15, 0.2) is 18.1 Å². The minimum absolute atomic E-state index is 0.768. The van der Waals surface area contributed by atoms with Crippen LogP contribution in [-0.4, -0.2) is 27.1 Å². The van der Waals surface area contributed by atoms with E-state index in [2.05, 4.69) is 0 Å². The number of aromatic hydroxyl groups is 2. The van der Waals surface area contributed by atoms with Crippen molar-refractivity contribution in [2.24, 2.45) is 5.73 Å². The summed E-state index contributed by atoms with van der Waals surface area (Å²) in [6.07, 6.45) is -2.86. The van der Waals surface area contributed by atoms with Gasteiger partial charge in [0.2, 0.25) is 0 Å². The Hall–Kier alpha value is -1.59. The second-order valence-electron chi connectivity index (χ2n) is 2.92. The van der Waals surface area contributed by atoms with Crippen molar-refractivity contribution in [2.75, 3.05) is 0 Å². The summed E-state index contributed by atoms with van der Waals surface area (Å²) in [6.45, 7) is 1.01. The van der Waals surface area contributed by atoms with Crippen LogP contribution in [-0.2, 0) is 4.79 Å². The van der Waals surface area contributed by atoms with Gasteiger partial charge < -0.3 is 21.1 Å². The Morgan fingerprint density at radius 3 is 2.67 bits per heavy atom. The molecule has 5 nitrogen and oxygen atoms in total. The standard InChI is InChI=1S/C10H13NO4/c1-5(12)9(11)10(15)6-2-3-7(13)8(14)4-6/h2-4,9-10,13-15H,11H2,1H3/i2D,3D,4D,10D. The Labute approximate surface area is 92.4 Å². The summed E-state index contributed by atoms with van der Waals surface area (Å²) in [7, 11) is 0. The zero-order valence-electron chi connectivity index (χ0n) is 11.9. The zero-order chi connectivity index (χ0) is 15.1. The summed E-state index contributed by atoms with van der Waals surface area (Å²) in [5.74, 6) is -2.83. The molecule has 15 heavy (non-hydrogen) atoms. The lowest BCUT2D eigenvalue weighted by atomic mass is 10.00. The average molecular weight is 215 g/mol. The van der Waals surface area contributed by atoms with Gasteiger partial charge in [0.1, 0.15) is 11.9 Å². The Balaban J connectivity index is 3.64. The number of carbonyl (C=O) groups is 1. The second-order valence-corrected chi connectivity index (χ2v) is 2.92. The van der Waals surface area contributed by atoms with Crippen LogP contribution < -0.4 is 5.73 Å². The molecule has 0 aliphatic carbocycles. The first kappa shape index (κ1) is 6.81. The Bertz CT molecular complexity index is 518. The third-order valence-electron chi connectivity index (χ3n) is 1.76. The van der Waals surface area contributed by atoms with Crippen molar-refractivity contribution in [1.29, 1.82) is 0 Å². The van der Waals surface area contributed by atoms with E-state index in [0.29, 0.717) is 0 Å². The van der Waals surface area contributed by atoms with Gasteiger partial charge in [0.05, 0.1) is 11.5 Å². The summed E-state index contributed by atoms with van der Waals surface area (Å²) < 4.78 is 30.0. The van der Waals surface area contributed by atoms with Gasteiger partial charge in [-0.3, -0.25) is 4.79 Å².